The summed E-state index contributed by atoms with van der Waals surface area (Å²) in [7, 11) is -2.30. The number of hydrogen-bond donors (Lipinski definition) is 2. The number of hydrogen-bond acceptors (Lipinski definition) is 5. The number of ether oxygens (including phenoxy) is 1. The molecule has 0 heterocycles. The molecule has 0 unspecified atom stereocenters. The van der Waals surface area contributed by atoms with Gasteiger partial charge in [0.05, 0.1) is 24.2 Å². The van der Waals surface area contributed by atoms with Gasteiger partial charge in [-0.1, -0.05) is 31.5 Å². The maximum Gasteiger partial charge on any atom is 0.251 e. The molecule has 2 rings (SSSR count). The Morgan fingerprint density at radius 3 is 2.40 bits per heavy atom. The molecule has 2 N–H and O–H groups in total. The summed E-state index contributed by atoms with van der Waals surface area (Å²) in [6.45, 7) is 3.82. The standard InChI is InChI=1S/C20H24ClN3O5S/c1-4-24(5-2)30(27,28)16-9-10-18(29-3)17(12-16)23-19(25)13-22-20(26)14-7-6-8-15(21)11-14/h6-12H,4-5,13H2,1-3H3,(H,22,26)(H,23,25). The molecule has 162 valence electrons. The second-order valence-electron chi connectivity index (χ2n) is 6.19. The van der Waals surface area contributed by atoms with Crippen molar-refractivity contribution in [3.63, 3.8) is 0 Å². The van der Waals surface area contributed by atoms with Crippen molar-refractivity contribution in [1.29, 1.82) is 0 Å². The van der Waals surface area contributed by atoms with Gasteiger partial charge in [0.25, 0.3) is 5.91 Å². The molecule has 2 aromatic rings. The summed E-state index contributed by atoms with van der Waals surface area (Å²) in [6.07, 6.45) is 0. The smallest absolute Gasteiger partial charge is 0.251 e. The van der Waals surface area contributed by atoms with Crippen LogP contribution in [0.2, 0.25) is 5.02 Å². The Hall–Kier alpha value is -2.62. The van der Waals surface area contributed by atoms with Crippen molar-refractivity contribution in [2.75, 3.05) is 32.1 Å². The zero-order chi connectivity index (χ0) is 22.3. The van der Waals surface area contributed by atoms with Crippen molar-refractivity contribution in [1.82, 2.24) is 9.62 Å². The number of nitrogens with one attached hydrogen (secondary N) is 2. The fourth-order valence-corrected chi connectivity index (χ4v) is 4.42. The van der Waals surface area contributed by atoms with Crippen LogP contribution in [0.15, 0.2) is 47.4 Å². The second kappa shape index (κ2) is 10.4. The van der Waals surface area contributed by atoms with E-state index in [1.807, 2.05) is 0 Å². The number of methoxy groups -OCH3 is 1. The summed E-state index contributed by atoms with van der Waals surface area (Å²) in [5.74, 6) is -0.707. The van der Waals surface area contributed by atoms with Gasteiger partial charge in [0.1, 0.15) is 5.75 Å². The predicted molar refractivity (Wildman–Crippen MR) is 116 cm³/mol. The van der Waals surface area contributed by atoms with Crippen molar-refractivity contribution in [3.8, 4) is 5.75 Å². The van der Waals surface area contributed by atoms with Gasteiger partial charge >= 0.3 is 0 Å². The van der Waals surface area contributed by atoms with E-state index >= 15 is 0 Å². The first-order valence-corrected chi connectivity index (χ1v) is 11.1. The van der Waals surface area contributed by atoms with E-state index in [2.05, 4.69) is 10.6 Å². The molecule has 8 nitrogen and oxygen atoms in total. The quantitative estimate of drug-likeness (QED) is 0.607. The Bertz CT molecular complexity index is 1020. The van der Waals surface area contributed by atoms with Crippen LogP contribution in [0.25, 0.3) is 0 Å². The summed E-state index contributed by atoms with van der Waals surface area (Å²) < 4.78 is 32.0. The van der Waals surface area contributed by atoms with Crippen molar-refractivity contribution in [3.05, 3.63) is 53.1 Å². The van der Waals surface area contributed by atoms with Gasteiger partial charge < -0.3 is 15.4 Å². The first kappa shape index (κ1) is 23.7. The van der Waals surface area contributed by atoms with E-state index in [-0.39, 0.29) is 17.1 Å². The average Bonchev–Trinajstić information content (AvgIpc) is 2.72. The molecule has 30 heavy (non-hydrogen) atoms. The van der Waals surface area contributed by atoms with Gasteiger partial charge in [-0.25, -0.2) is 8.42 Å². The van der Waals surface area contributed by atoms with Gasteiger partial charge in [0.15, 0.2) is 0 Å². The lowest BCUT2D eigenvalue weighted by Crippen LogP contribution is -2.33. The third kappa shape index (κ3) is 5.71. The Morgan fingerprint density at radius 1 is 1.10 bits per heavy atom. The summed E-state index contributed by atoms with van der Waals surface area (Å²) in [4.78, 5) is 24.5. The average molecular weight is 454 g/mol. The topological polar surface area (TPSA) is 105 Å². The van der Waals surface area contributed by atoms with E-state index in [1.165, 1.54) is 35.7 Å². The minimum Gasteiger partial charge on any atom is -0.495 e. The molecule has 10 heteroatoms. The molecule has 0 aliphatic heterocycles. The normalized spacial score (nSPS) is 11.2. The molecule has 0 bridgehead atoms. The molecule has 2 amide bonds. The number of amides is 2. The van der Waals surface area contributed by atoms with E-state index in [1.54, 1.807) is 32.0 Å². The van der Waals surface area contributed by atoms with Gasteiger partial charge in [-0.3, -0.25) is 9.59 Å². The summed E-state index contributed by atoms with van der Waals surface area (Å²) >= 11 is 5.86. The lowest BCUT2D eigenvalue weighted by Gasteiger charge is -2.19. The third-order valence-electron chi connectivity index (χ3n) is 4.28. The summed E-state index contributed by atoms with van der Waals surface area (Å²) in [5, 5.41) is 5.47. The van der Waals surface area contributed by atoms with E-state index in [0.717, 1.165) is 0 Å². The zero-order valence-corrected chi connectivity index (χ0v) is 18.5. The Balaban J connectivity index is 2.14. The van der Waals surface area contributed by atoms with Gasteiger partial charge in [-0.05, 0) is 36.4 Å². The second-order valence-corrected chi connectivity index (χ2v) is 8.57. The molecule has 0 aliphatic carbocycles. The van der Waals surface area contributed by atoms with Crippen LogP contribution < -0.4 is 15.4 Å². The van der Waals surface area contributed by atoms with Crippen LogP contribution in [0.5, 0.6) is 5.75 Å². The number of anilines is 1. The molecule has 0 saturated carbocycles. The maximum absolute atomic E-state index is 12.7. The molecule has 2 aromatic carbocycles. The monoisotopic (exact) mass is 453 g/mol. The van der Waals surface area contributed by atoms with Crippen LogP contribution in [-0.2, 0) is 14.8 Å². The van der Waals surface area contributed by atoms with Crippen LogP contribution in [0.4, 0.5) is 5.69 Å². The van der Waals surface area contributed by atoms with Crippen molar-refractivity contribution >= 4 is 39.1 Å². The van der Waals surface area contributed by atoms with Crippen LogP contribution in [-0.4, -0.2) is 51.3 Å². The molecular weight excluding hydrogens is 430 g/mol. The van der Waals surface area contributed by atoms with E-state index in [0.29, 0.717) is 29.4 Å². The number of sulfonamides is 1. The largest absolute Gasteiger partial charge is 0.495 e. The fraction of sp³-hybridized carbons (Fsp3) is 0.300. The van der Waals surface area contributed by atoms with E-state index in [4.69, 9.17) is 16.3 Å². The van der Waals surface area contributed by atoms with E-state index in [9.17, 15) is 18.0 Å². The highest BCUT2D eigenvalue weighted by Gasteiger charge is 2.23. The fourth-order valence-electron chi connectivity index (χ4n) is 2.74. The third-order valence-corrected chi connectivity index (χ3v) is 6.57. The number of nitrogens with zero attached hydrogens (tertiary/aromatic N) is 1. The minimum atomic E-state index is -3.71. The maximum atomic E-state index is 12.7. The Labute approximate surface area is 181 Å². The Morgan fingerprint density at radius 2 is 1.80 bits per heavy atom. The molecule has 0 aliphatic rings. The Kier molecular flexibility index (Phi) is 8.22. The minimum absolute atomic E-state index is 0.0327. The van der Waals surface area contributed by atoms with Gasteiger partial charge in [0, 0.05) is 23.7 Å². The number of carbonyl (C=O) groups excluding carboxylic acids is 2. The number of carbonyl (C=O) groups is 2. The molecule has 0 saturated heterocycles. The first-order chi connectivity index (χ1) is 14.2. The predicted octanol–water partition coefficient (Wildman–Crippen LogP) is 2.75. The number of rotatable bonds is 9. The lowest BCUT2D eigenvalue weighted by atomic mass is 10.2. The highest BCUT2D eigenvalue weighted by molar-refractivity contribution is 7.89. The van der Waals surface area contributed by atoms with Crippen LogP contribution in [0.1, 0.15) is 24.2 Å². The van der Waals surface area contributed by atoms with Crippen LogP contribution in [0.3, 0.4) is 0 Å². The molecule has 0 atom stereocenters. The summed E-state index contributed by atoms with van der Waals surface area (Å²) in [5.41, 5.74) is 0.507. The molecule has 0 aromatic heterocycles. The molecule has 0 radical (unpaired) electrons. The van der Waals surface area contributed by atoms with Crippen molar-refractivity contribution in [2.45, 2.75) is 18.7 Å². The first-order valence-electron chi connectivity index (χ1n) is 9.24. The van der Waals surface area contributed by atoms with Crippen LogP contribution >= 0.6 is 11.6 Å². The van der Waals surface area contributed by atoms with Crippen LogP contribution in [0, 0.1) is 0 Å². The number of benzene rings is 2. The summed E-state index contributed by atoms with van der Waals surface area (Å²) in [6, 6.07) is 10.5. The van der Waals surface area contributed by atoms with Gasteiger partial charge in [-0.2, -0.15) is 4.31 Å². The molecular formula is C20H24ClN3O5S. The number of halogens is 1. The zero-order valence-electron chi connectivity index (χ0n) is 16.9. The van der Waals surface area contributed by atoms with Gasteiger partial charge in [-0.15, -0.1) is 0 Å². The molecule has 0 spiro atoms. The van der Waals surface area contributed by atoms with E-state index < -0.39 is 21.8 Å². The van der Waals surface area contributed by atoms with Crippen molar-refractivity contribution in [2.24, 2.45) is 0 Å². The van der Waals surface area contributed by atoms with Gasteiger partial charge in [0.2, 0.25) is 15.9 Å². The SMILES string of the molecule is CCN(CC)S(=O)(=O)c1ccc(OC)c(NC(=O)CNC(=O)c2cccc(Cl)c2)c1. The highest BCUT2D eigenvalue weighted by atomic mass is 35.5. The lowest BCUT2D eigenvalue weighted by molar-refractivity contribution is -0.115. The van der Waals surface area contributed by atoms with Crippen molar-refractivity contribution < 1.29 is 22.7 Å². The highest BCUT2D eigenvalue weighted by Crippen LogP contribution is 2.28. The molecule has 0 fully saturated rings.